The number of nitrogens with zero attached hydrogens (tertiary/aromatic N) is 3. The van der Waals surface area contributed by atoms with Crippen LogP contribution in [0.25, 0.3) is 10.8 Å². The van der Waals surface area contributed by atoms with Crippen molar-refractivity contribution in [2.75, 3.05) is 7.11 Å². The number of phenols is 1. The molecular weight excluding hydrogens is 310 g/mol. The van der Waals surface area contributed by atoms with Crippen molar-refractivity contribution in [1.82, 2.24) is 0 Å². The molecule has 7 nitrogen and oxygen atoms in total. The summed E-state index contributed by atoms with van der Waals surface area (Å²) in [6, 6.07) is 15.0. The summed E-state index contributed by atoms with van der Waals surface area (Å²) >= 11 is 0. The number of methoxy groups -OCH3 is 1. The molecule has 24 heavy (non-hydrogen) atoms. The van der Waals surface area contributed by atoms with Crippen LogP contribution < -0.4 is 4.74 Å². The molecule has 0 saturated carbocycles. The van der Waals surface area contributed by atoms with Crippen LogP contribution in [0.2, 0.25) is 0 Å². The Bertz CT molecular complexity index is 954. The third-order valence-corrected chi connectivity index (χ3v) is 3.50. The zero-order chi connectivity index (χ0) is 17.1. The Morgan fingerprint density at radius 3 is 2.62 bits per heavy atom. The molecule has 0 atom stereocenters. The predicted octanol–water partition coefficient (Wildman–Crippen LogP) is 4.88. The first kappa shape index (κ1) is 15.4. The minimum Gasteiger partial charge on any atom is -0.506 e. The maximum absolute atomic E-state index is 11.0. The van der Waals surface area contributed by atoms with Crippen LogP contribution in [0.1, 0.15) is 0 Å². The number of phenolic OH excluding ortho intramolecular Hbond substituents is 1. The average molecular weight is 323 g/mol. The highest BCUT2D eigenvalue weighted by Crippen LogP contribution is 2.37. The SMILES string of the molecule is COc1ccc(N=Nc2c(O)ccc3ccccc23)cc1[N+](=O)[O-]. The van der Waals surface area contributed by atoms with E-state index >= 15 is 0 Å². The van der Waals surface area contributed by atoms with Gasteiger partial charge in [0, 0.05) is 11.5 Å². The van der Waals surface area contributed by atoms with E-state index in [1.54, 1.807) is 12.1 Å². The number of nitro groups is 1. The van der Waals surface area contributed by atoms with Crippen molar-refractivity contribution < 1.29 is 14.8 Å². The molecule has 0 fully saturated rings. The minimum absolute atomic E-state index is 0.0135. The van der Waals surface area contributed by atoms with Crippen molar-refractivity contribution in [3.63, 3.8) is 0 Å². The van der Waals surface area contributed by atoms with Gasteiger partial charge in [-0.25, -0.2) is 0 Å². The number of aromatic hydroxyl groups is 1. The Morgan fingerprint density at radius 2 is 1.88 bits per heavy atom. The van der Waals surface area contributed by atoms with Gasteiger partial charge < -0.3 is 9.84 Å². The molecule has 7 heteroatoms. The number of fused-ring (bicyclic) bond motifs is 1. The molecule has 0 saturated heterocycles. The van der Waals surface area contributed by atoms with E-state index < -0.39 is 4.92 Å². The highest BCUT2D eigenvalue weighted by molar-refractivity contribution is 5.95. The fraction of sp³-hybridized carbons (Fsp3) is 0.0588. The lowest BCUT2D eigenvalue weighted by atomic mass is 10.1. The Kier molecular flexibility index (Phi) is 4.07. The second-order valence-electron chi connectivity index (χ2n) is 4.97. The van der Waals surface area contributed by atoms with Crippen LogP contribution in [0.15, 0.2) is 64.8 Å². The van der Waals surface area contributed by atoms with E-state index in [9.17, 15) is 15.2 Å². The van der Waals surface area contributed by atoms with Gasteiger partial charge in [-0.15, -0.1) is 5.11 Å². The van der Waals surface area contributed by atoms with Crippen LogP contribution >= 0.6 is 0 Å². The van der Waals surface area contributed by atoms with Crippen molar-refractivity contribution in [2.45, 2.75) is 0 Å². The van der Waals surface area contributed by atoms with E-state index in [1.165, 1.54) is 25.3 Å². The fourth-order valence-electron chi connectivity index (χ4n) is 2.34. The second kappa shape index (κ2) is 6.33. The van der Waals surface area contributed by atoms with Crippen LogP contribution in [0.5, 0.6) is 11.5 Å². The quantitative estimate of drug-likeness (QED) is 0.420. The summed E-state index contributed by atoms with van der Waals surface area (Å²) in [5, 5.41) is 30.8. The van der Waals surface area contributed by atoms with E-state index in [-0.39, 0.29) is 22.9 Å². The molecule has 0 aliphatic rings. The molecule has 0 bridgehead atoms. The highest BCUT2D eigenvalue weighted by atomic mass is 16.6. The van der Waals surface area contributed by atoms with Gasteiger partial charge in [0.05, 0.1) is 17.7 Å². The zero-order valence-corrected chi connectivity index (χ0v) is 12.7. The Balaban J connectivity index is 2.04. The van der Waals surface area contributed by atoms with E-state index in [4.69, 9.17) is 4.74 Å². The van der Waals surface area contributed by atoms with Gasteiger partial charge in [0.15, 0.2) is 5.75 Å². The molecule has 0 heterocycles. The topological polar surface area (TPSA) is 97.3 Å². The summed E-state index contributed by atoms with van der Waals surface area (Å²) in [5.41, 5.74) is 0.400. The molecule has 0 spiro atoms. The molecule has 1 N–H and O–H groups in total. The van der Waals surface area contributed by atoms with Crippen molar-refractivity contribution in [3.05, 3.63) is 64.7 Å². The van der Waals surface area contributed by atoms with Crippen LogP contribution in [-0.2, 0) is 0 Å². The van der Waals surface area contributed by atoms with Crippen LogP contribution in [-0.4, -0.2) is 17.1 Å². The minimum atomic E-state index is -0.548. The van der Waals surface area contributed by atoms with Gasteiger partial charge in [-0.05, 0) is 23.6 Å². The van der Waals surface area contributed by atoms with Crippen molar-refractivity contribution in [2.24, 2.45) is 10.2 Å². The standard InChI is InChI=1S/C17H13N3O4/c1-24-16-9-7-12(10-14(16)20(22)23)18-19-17-13-5-3-2-4-11(13)6-8-15(17)21/h2-10,21H,1H3. The van der Waals surface area contributed by atoms with Gasteiger partial charge in [-0.1, -0.05) is 30.3 Å². The number of hydrogen-bond acceptors (Lipinski definition) is 6. The van der Waals surface area contributed by atoms with Gasteiger partial charge in [0.1, 0.15) is 11.4 Å². The molecular formula is C17H13N3O4. The number of hydrogen-bond donors (Lipinski definition) is 1. The maximum atomic E-state index is 11.0. The number of benzene rings is 3. The summed E-state index contributed by atoms with van der Waals surface area (Å²) in [6.07, 6.45) is 0. The van der Waals surface area contributed by atoms with E-state index in [0.717, 1.165) is 10.8 Å². The largest absolute Gasteiger partial charge is 0.506 e. The summed E-state index contributed by atoms with van der Waals surface area (Å²) in [7, 11) is 1.36. The number of nitro benzene ring substituents is 1. The third-order valence-electron chi connectivity index (χ3n) is 3.50. The molecule has 3 aromatic rings. The summed E-state index contributed by atoms with van der Waals surface area (Å²) in [6.45, 7) is 0. The lowest BCUT2D eigenvalue weighted by Gasteiger charge is -2.04. The predicted molar refractivity (Wildman–Crippen MR) is 89.4 cm³/mol. The zero-order valence-electron chi connectivity index (χ0n) is 12.7. The van der Waals surface area contributed by atoms with Gasteiger partial charge >= 0.3 is 5.69 Å². The van der Waals surface area contributed by atoms with Gasteiger partial charge in [0.25, 0.3) is 0 Å². The molecule has 3 aromatic carbocycles. The van der Waals surface area contributed by atoms with E-state index in [2.05, 4.69) is 10.2 Å². The first-order valence-corrected chi connectivity index (χ1v) is 7.05. The summed E-state index contributed by atoms with van der Waals surface area (Å²) in [5.74, 6) is 0.132. The average Bonchev–Trinajstić information content (AvgIpc) is 2.60. The van der Waals surface area contributed by atoms with Crippen molar-refractivity contribution in [1.29, 1.82) is 0 Å². The van der Waals surface area contributed by atoms with Crippen LogP contribution in [0.4, 0.5) is 17.1 Å². The maximum Gasteiger partial charge on any atom is 0.313 e. The summed E-state index contributed by atoms with van der Waals surface area (Å²) in [4.78, 5) is 10.5. The van der Waals surface area contributed by atoms with Gasteiger partial charge in [-0.2, -0.15) is 5.11 Å². The monoisotopic (exact) mass is 323 g/mol. The Hall–Kier alpha value is -3.48. The lowest BCUT2D eigenvalue weighted by Crippen LogP contribution is -1.92. The highest BCUT2D eigenvalue weighted by Gasteiger charge is 2.15. The molecule has 0 aliphatic carbocycles. The van der Waals surface area contributed by atoms with Gasteiger partial charge in [-0.3, -0.25) is 10.1 Å². The number of azo groups is 1. The Morgan fingerprint density at radius 1 is 1.08 bits per heavy atom. The number of rotatable bonds is 4. The molecule has 0 amide bonds. The fourth-order valence-corrected chi connectivity index (χ4v) is 2.34. The number of ether oxygens (including phenoxy) is 1. The first-order chi connectivity index (χ1) is 11.6. The summed E-state index contributed by atoms with van der Waals surface area (Å²) < 4.78 is 4.95. The lowest BCUT2D eigenvalue weighted by molar-refractivity contribution is -0.385. The molecule has 0 aliphatic heterocycles. The first-order valence-electron chi connectivity index (χ1n) is 7.05. The third kappa shape index (κ3) is 2.87. The molecule has 120 valence electrons. The van der Waals surface area contributed by atoms with E-state index in [1.807, 2.05) is 24.3 Å². The molecule has 0 unspecified atom stereocenters. The van der Waals surface area contributed by atoms with E-state index in [0.29, 0.717) is 5.69 Å². The molecule has 3 rings (SSSR count). The second-order valence-corrected chi connectivity index (χ2v) is 4.97. The van der Waals surface area contributed by atoms with Crippen LogP contribution in [0.3, 0.4) is 0 Å². The Labute approximate surface area is 137 Å². The van der Waals surface area contributed by atoms with Crippen LogP contribution in [0, 0.1) is 10.1 Å². The smallest absolute Gasteiger partial charge is 0.313 e. The molecule has 0 radical (unpaired) electrons. The van der Waals surface area contributed by atoms with Crippen molar-refractivity contribution >= 4 is 27.8 Å². The van der Waals surface area contributed by atoms with Crippen molar-refractivity contribution in [3.8, 4) is 11.5 Å². The molecule has 0 aromatic heterocycles. The normalized spacial score (nSPS) is 11.0. The van der Waals surface area contributed by atoms with Gasteiger partial charge in [0.2, 0.25) is 0 Å².